The second kappa shape index (κ2) is 5.45. The highest BCUT2D eigenvalue weighted by molar-refractivity contribution is 6.08. The maximum atomic E-state index is 12.5. The van der Waals surface area contributed by atoms with E-state index in [4.69, 9.17) is 9.47 Å². The Bertz CT molecular complexity index is 690. The fourth-order valence-corrected chi connectivity index (χ4v) is 2.69. The number of likely N-dealkylation sites (N-methyl/N-ethyl adjacent to an activating group) is 1. The lowest BCUT2D eigenvalue weighted by molar-refractivity contribution is -0.134. The number of amides is 4. The van der Waals surface area contributed by atoms with E-state index in [1.54, 1.807) is 19.1 Å². The first-order valence-electron chi connectivity index (χ1n) is 7.16. The molecule has 2 aliphatic rings. The minimum absolute atomic E-state index is 0.172. The van der Waals surface area contributed by atoms with Crippen molar-refractivity contribution in [3.05, 3.63) is 23.8 Å². The highest BCUT2D eigenvalue weighted by atomic mass is 16.7. The van der Waals surface area contributed by atoms with Crippen LogP contribution >= 0.6 is 0 Å². The minimum Gasteiger partial charge on any atom is -0.454 e. The molecule has 1 aromatic rings. The van der Waals surface area contributed by atoms with E-state index >= 15 is 0 Å². The molecule has 1 fully saturated rings. The fourth-order valence-electron chi connectivity index (χ4n) is 2.69. The molecule has 0 aromatic heterocycles. The van der Waals surface area contributed by atoms with Crippen molar-refractivity contribution in [3.63, 3.8) is 0 Å². The SMILES string of the molecule is CNC(=O)CN1C(=O)N[C@](C)(Cc2ccc3c(c2)OCO3)C1=O. The van der Waals surface area contributed by atoms with Crippen LogP contribution in [0.15, 0.2) is 18.2 Å². The zero-order chi connectivity index (χ0) is 16.6. The molecule has 3 rings (SSSR count). The van der Waals surface area contributed by atoms with Crippen LogP contribution in [0.5, 0.6) is 11.5 Å². The summed E-state index contributed by atoms with van der Waals surface area (Å²) in [6.07, 6.45) is 0.290. The fraction of sp³-hybridized carbons (Fsp3) is 0.400. The molecule has 8 nitrogen and oxygen atoms in total. The summed E-state index contributed by atoms with van der Waals surface area (Å²) < 4.78 is 10.6. The van der Waals surface area contributed by atoms with E-state index in [-0.39, 0.29) is 13.3 Å². The van der Waals surface area contributed by atoms with Gasteiger partial charge in [-0.2, -0.15) is 0 Å². The standard InChI is InChI=1S/C15H17N3O5/c1-15(6-9-3-4-10-11(5-9)23-8-22-10)13(20)18(14(21)17-15)7-12(19)16-2/h3-5H,6-8H2,1-2H3,(H,16,19)(H,17,21)/t15-/m1/s1. The Labute approximate surface area is 132 Å². The zero-order valence-corrected chi connectivity index (χ0v) is 12.8. The van der Waals surface area contributed by atoms with E-state index in [0.29, 0.717) is 17.9 Å². The van der Waals surface area contributed by atoms with Gasteiger partial charge in [-0.1, -0.05) is 6.07 Å². The number of carbonyl (C=O) groups is 3. The number of nitrogens with one attached hydrogen (secondary N) is 2. The average Bonchev–Trinajstić information content (AvgIpc) is 3.05. The first-order valence-corrected chi connectivity index (χ1v) is 7.16. The highest BCUT2D eigenvalue weighted by Gasteiger charge is 2.48. The molecule has 2 heterocycles. The van der Waals surface area contributed by atoms with Crippen LogP contribution in [0, 0.1) is 0 Å². The van der Waals surface area contributed by atoms with Crippen molar-refractivity contribution in [2.24, 2.45) is 0 Å². The highest BCUT2D eigenvalue weighted by Crippen LogP contribution is 2.34. The lowest BCUT2D eigenvalue weighted by atomic mass is 9.92. The van der Waals surface area contributed by atoms with Gasteiger partial charge in [-0.25, -0.2) is 4.79 Å². The Morgan fingerprint density at radius 1 is 1.35 bits per heavy atom. The predicted octanol–water partition coefficient (Wildman–Crippen LogP) is 0.0143. The second-order valence-corrected chi connectivity index (χ2v) is 5.69. The third-order valence-electron chi connectivity index (χ3n) is 3.92. The van der Waals surface area contributed by atoms with E-state index in [0.717, 1.165) is 10.5 Å². The Morgan fingerprint density at radius 3 is 2.83 bits per heavy atom. The maximum absolute atomic E-state index is 12.5. The van der Waals surface area contributed by atoms with Crippen LogP contribution in [0.25, 0.3) is 0 Å². The van der Waals surface area contributed by atoms with Crippen molar-refractivity contribution >= 4 is 17.8 Å². The van der Waals surface area contributed by atoms with E-state index in [9.17, 15) is 14.4 Å². The van der Waals surface area contributed by atoms with Gasteiger partial charge in [-0.3, -0.25) is 14.5 Å². The van der Waals surface area contributed by atoms with Gasteiger partial charge in [-0.15, -0.1) is 0 Å². The van der Waals surface area contributed by atoms with Gasteiger partial charge in [0.2, 0.25) is 12.7 Å². The van der Waals surface area contributed by atoms with E-state index < -0.39 is 23.4 Å². The number of imide groups is 1. The summed E-state index contributed by atoms with van der Waals surface area (Å²) in [5.41, 5.74) is -0.272. The molecule has 0 radical (unpaired) electrons. The van der Waals surface area contributed by atoms with Crippen molar-refractivity contribution < 1.29 is 23.9 Å². The van der Waals surface area contributed by atoms with Crippen molar-refractivity contribution in [2.75, 3.05) is 20.4 Å². The minimum atomic E-state index is -1.10. The third kappa shape index (κ3) is 2.67. The number of hydrogen-bond acceptors (Lipinski definition) is 5. The molecule has 1 saturated heterocycles. The topological polar surface area (TPSA) is 97.0 Å². The van der Waals surface area contributed by atoms with Crippen LogP contribution in [0.4, 0.5) is 4.79 Å². The number of carbonyl (C=O) groups excluding carboxylic acids is 3. The molecule has 0 bridgehead atoms. The molecule has 23 heavy (non-hydrogen) atoms. The monoisotopic (exact) mass is 319 g/mol. The quantitative estimate of drug-likeness (QED) is 0.762. The molecule has 2 N–H and O–H groups in total. The summed E-state index contributed by atoms with van der Waals surface area (Å²) >= 11 is 0. The molecule has 2 aliphatic heterocycles. The van der Waals surface area contributed by atoms with Crippen LogP contribution in [0.2, 0.25) is 0 Å². The summed E-state index contributed by atoms with van der Waals surface area (Å²) in [7, 11) is 1.45. The number of hydrogen-bond donors (Lipinski definition) is 2. The lowest BCUT2D eigenvalue weighted by Gasteiger charge is -2.21. The van der Waals surface area contributed by atoms with Gasteiger partial charge >= 0.3 is 6.03 Å². The Hall–Kier alpha value is -2.77. The van der Waals surface area contributed by atoms with E-state index in [1.165, 1.54) is 7.05 Å². The first kappa shape index (κ1) is 15.1. The number of benzene rings is 1. The molecule has 0 saturated carbocycles. The third-order valence-corrected chi connectivity index (χ3v) is 3.92. The van der Waals surface area contributed by atoms with Crippen molar-refractivity contribution in [3.8, 4) is 11.5 Å². The molecule has 0 spiro atoms. The van der Waals surface area contributed by atoms with Crippen LogP contribution in [0.1, 0.15) is 12.5 Å². The van der Waals surface area contributed by atoms with Crippen LogP contribution in [-0.4, -0.2) is 48.7 Å². The molecule has 1 atom stereocenters. The van der Waals surface area contributed by atoms with Gasteiger partial charge in [0, 0.05) is 13.5 Å². The first-order chi connectivity index (χ1) is 10.9. The summed E-state index contributed by atoms with van der Waals surface area (Å²) in [5, 5.41) is 5.06. The number of urea groups is 1. The van der Waals surface area contributed by atoms with E-state index in [2.05, 4.69) is 10.6 Å². The summed E-state index contributed by atoms with van der Waals surface area (Å²) in [6, 6.07) is 4.81. The summed E-state index contributed by atoms with van der Waals surface area (Å²) in [5.74, 6) is 0.441. The number of ether oxygens (including phenoxy) is 2. The molecule has 122 valence electrons. The van der Waals surface area contributed by atoms with Gasteiger partial charge in [0.15, 0.2) is 11.5 Å². The zero-order valence-electron chi connectivity index (χ0n) is 12.8. The van der Waals surface area contributed by atoms with Crippen molar-refractivity contribution in [1.82, 2.24) is 15.5 Å². The summed E-state index contributed by atoms with van der Waals surface area (Å²) in [4.78, 5) is 36.9. The molecule has 4 amide bonds. The number of rotatable bonds is 4. The molecule has 1 aromatic carbocycles. The number of nitrogens with zero attached hydrogens (tertiary/aromatic N) is 1. The van der Waals surface area contributed by atoms with E-state index in [1.807, 2.05) is 6.07 Å². The van der Waals surface area contributed by atoms with Crippen LogP contribution in [-0.2, 0) is 16.0 Å². The van der Waals surface area contributed by atoms with Gasteiger partial charge < -0.3 is 20.1 Å². The smallest absolute Gasteiger partial charge is 0.325 e. The average molecular weight is 319 g/mol. The molecule has 8 heteroatoms. The second-order valence-electron chi connectivity index (χ2n) is 5.69. The molecular formula is C15H17N3O5. The van der Waals surface area contributed by atoms with Crippen molar-refractivity contribution in [2.45, 2.75) is 18.9 Å². The largest absolute Gasteiger partial charge is 0.454 e. The van der Waals surface area contributed by atoms with Crippen LogP contribution in [0.3, 0.4) is 0 Å². The molecular weight excluding hydrogens is 302 g/mol. The molecule has 0 aliphatic carbocycles. The van der Waals surface area contributed by atoms with Crippen molar-refractivity contribution in [1.29, 1.82) is 0 Å². The predicted molar refractivity (Wildman–Crippen MR) is 79.0 cm³/mol. The van der Waals surface area contributed by atoms with Gasteiger partial charge in [0.25, 0.3) is 5.91 Å². The Balaban J connectivity index is 1.78. The van der Waals surface area contributed by atoms with Gasteiger partial charge in [-0.05, 0) is 24.6 Å². The maximum Gasteiger partial charge on any atom is 0.325 e. The summed E-state index contributed by atoms with van der Waals surface area (Å²) in [6.45, 7) is 1.52. The van der Waals surface area contributed by atoms with Crippen LogP contribution < -0.4 is 20.1 Å². The lowest BCUT2D eigenvalue weighted by Crippen LogP contribution is -2.46. The Kier molecular flexibility index (Phi) is 3.59. The Morgan fingerprint density at radius 2 is 2.09 bits per heavy atom. The number of fused-ring (bicyclic) bond motifs is 1. The van der Waals surface area contributed by atoms with Gasteiger partial charge in [0.1, 0.15) is 12.1 Å². The normalized spacial score (nSPS) is 22.3. The molecule has 0 unspecified atom stereocenters. The van der Waals surface area contributed by atoms with Gasteiger partial charge in [0.05, 0.1) is 0 Å².